The van der Waals surface area contributed by atoms with Crippen LogP contribution in [0.1, 0.15) is 10.4 Å². The van der Waals surface area contributed by atoms with Crippen molar-refractivity contribution in [2.24, 2.45) is 0 Å². The summed E-state index contributed by atoms with van der Waals surface area (Å²) in [6.07, 6.45) is 1.35. The normalized spacial score (nSPS) is 10.6. The third-order valence-corrected chi connectivity index (χ3v) is 2.72. The largest absolute Gasteiger partial charge is 0.395 e. The van der Waals surface area contributed by atoms with Crippen LogP contribution in [-0.4, -0.2) is 29.1 Å². The fourth-order valence-corrected chi connectivity index (χ4v) is 1.80. The average molecular weight is 267 g/mol. The Bertz CT molecular complexity index is 651. The molecular formula is C12H11ClN2O3. The van der Waals surface area contributed by atoms with Gasteiger partial charge in [0.05, 0.1) is 6.61 Å². The highest BCUT2D eigenvalue weighted by Crippen LogP contribution is 2.14. The molecule has 1 amide bonds. The minimum Gasteiger partial charge on any atom is -0.395 e. The molecule has 0 atom stereocenters. The van der Waals surface area contributed by atoms with E-state index in [0.717, 1.165) is 0 Å². The lowest BCUT2D eigenvalue weighted by atomic mass is 10.1. The van der Waals surface area contributed by atoms with E-state index in [1.165, 1.54) is 12.3 Å². The summed E-state index contributed by atoms with van der Waals surface area (Å²) in [4.78, 5) is 26.6. The van der Waals surface area contributed by atoms with Crippen LogP contribution in [0.2, 0.25) is 5.02 Å². The molecule has 0 radical (unpaired) electrons. The molecule has 0 fully saturated rings. The second kappa shape index (κ2) is 5.20. The van der Waals surface area contributed by atoms with Crippen molar-refractivity contribution < 1.29 is 9.90 Å². The zero-order valence-corrected chi connectivity index (χ0v) is 10.1. The number of nitrogens with one attached hydrogen (secondary N) is 2. The van der Waals surface area contributed by atoms with Gasteiger partial charge in [0.15, 0.2) is 0 Å². The molecule has 1 aromatic carbocycles. The zero-order valence-electron chi connectivity index (χ0n) is 9.37. The highest BCUT2D eigenvalue weighted by molar-refractivity contribution is 6.31. The van der Waals surface area contributed by atoms with Gasteiger partial charge in [0.2, 0.25) is 5.43 Å². The van der Waals surface area contributed by atoms with Crippen LogP contribution in [0.4, 0.5) is 0 Å². The molecule has 2 rings (SSSR count). The number of pyridine rings is 1. The predicted molar refractivity (Wildman–Crippen MR) is 69.0 cm³/mol. The van der Waals surface area contributed by atoms with E-state index in [1.54, 1.807) is 12.1 Å². The Balaban J connectivity index is 2.50. The third-order valence-electron chi connectivity index (χ3n) is 2.48. The van der Waals surface area contributed by atoms with Gasteiger partial charge in [-0.25, -0.2) is 0 Å². The van der Waals surface area contributed by atoms with Crippen LogP contribution >= 0.6 is 11.6 Å². The molecule has 0 saturated carbocycles. The first-order valence-electron chi connectivity index (χ1n) is 5.33. The topological polar surface area (TPSA) is 82.2 Å². The van der Waals surface area contributed by atoms with Gasteiger partial charge in [-0.3, -0.25) is 9.59 Å². The Hall–Kier alpha value is -1.85. The summed E-state index contributed by atoms with van der Waals surface area (Å²) in [7, 11) is 0. The minimum absolute atomic E-state index is 0.00165. The standard InChI is InChI=1S/C12H11ClN2O3/c13-7-1-2-10-8(5-7)11(17)9(6-15-10)12(18)14-3-4-16/h1-2,5-6,16H,3-4H2,(H,14,18)(H,15,17). The number of aromatic amines is 1. The van der Waals surface area contributed by atoms with Crippen LogP contribution in [0, 0.1) is 0 Å². The number of hydrogen-bond donors (Lipinski definition) is 3. The zero-order chi connectivity index (χ0) is 13.1. The summed E-state index contributed by atoms with van der Waals surface area (Å²) in [5.41, 5.74) is 0.225. The van der Waals surface area contributed by atoms with Crippen LogP contribution in [0.25, 0.3) is 10.9 Å². The molecule has 18 heavy (non-hydrogen) atoms. The monoisotopic (exact) mass is 266 g/mol. The second-order valence-corrected chi connectivity index (χ2v) is 4.14. The van der Waals surface area contributed by atoms with Crippen molar-refractivity contribution in [2.45, 2.75) is 0 Å². The first-order chi connectivity index (χ1) is 8.63. The van der Waals surface area contributed by atoms with E-state index in [-0.39, 0.29) is 24.1 Å². The summed E-state index contributed by atoms with van der Waals surface area (Å²) < 4.78 is 0. The van der Waals surface area contributed by atoms with Crippen LogP contribution in [-0.2, 0) is 0 Å². The summed E-state index contributed by atoms with van der Waals surface area (Å²) in [6, 6.07) is 4.85. The summed E-state index contributed by atoms with van der Waals surface area (Å²) in [5.74, 6) is -0.521. The summed E-state index contributed by atoms with van der Waals surface area (Å²) >= 11 is 5.82. The number of aliphatic hydroxyl groups is 1. The Labute approximate surface area is 107 Å². The molecule has 94 valence electrons. The van der Waals surface area contributed by atoms with Crippen molar-refractivity contribution >= 4 is 28.4 Å². The first-order valence-corrected chi connectivity index (χ1v) is 5.71. The number of H-pyrrole nitrogens is 1. The summed E-state index contributed by atoms with van der Waals surface area (Å²) in [6.45, 7) is -0.0745. The van der Waals surface area contributed by atoms with E-state index in [2.05, 4.69) is 10.3 Å². The van der Waals surface area contributed by atoms with Crippen molar-refractivity contribution in [3.05, 3.63) is 45.2 Å². The van der Waals surface area contributed by atoms with E-state index >= 15 is 0 Å². The number of hydrogen-bond acceptors (Lipinski definition) is 3. The smallest absolute Gasteiger partial charge is 0.256 e. The van der Waals surface area contributed by atoms with E-state index in [4.69, 9.17) is 16.7 Å². The molecular weight excluding hydrogens is 256 g/mol. The number of rotatable bonds is 3. The van der Waals surface area contributed by atoms with Crippen LogP contribution < -0.4 is 10.7 Å². The molecule has 0 bridgehead atoms. The number of amides is 1. The molecule has 3 N–H and O–H groups in total. The third kappa shape index (κ3) is 2.37. The highest BCUT2D eigenvalue weighted by Gasteiger charge is 2.12. The van der Waals surface area contributed by atoms with Crippen molar-refractivity contribution in [3.63, 3.8) is 0 Å². The first kappa shape index (κ1) is 12.6. The van der Waals surface area contributed by atoms with E-state index in [9.17, 15) is 9.59 Å². The molecule has 0 saturated heterocycles. The fourth-order valence-electron chi connectivity index (χ4n) is 1.62. The maximum absolute atomic E-state index is 12.1. The van der Waals surface area contributed by atoms with Crippen molar-refractivity contribution in [2.75, 3.05) is 13.2 Å². The minimum atomic E-state index is -0.521. The number of fused-ring (bicyclic) bond motifs is 1. The van der Waals surface area contributed by atoms with Gasteiger partial charge in [-0.15, -0.1) is 0 Å². The molecule has 2 aromatic rings. The number of carbonyl (C=O) groups is 1. The molecule has 0 unspecified atom stereocenters. The van der Waals surface area contributed by atoms with Gasteiger partial charge in [0.1, 0.15) is 5.56 Å². The number of benzene rings is 1. The van der Waals surface area contributed by atoms with Crippen molar-refractivity contribution in [3.8, 4) is 0 Å². The summed E-state index contributed by atoms with van der Waals surface area (Å²) in [5, 5.41) is 11.8. The Kier molecular flexibility index (Phi) is 3.64. The molecule has 6 heteroatoms. The van der Waals surface area contributed by atoms with E-state index < -0.39 is 5.91 Å². The number of halogens is 1. The molecule has 0 spiro atoms. The Morgan fingerprint density at radius 1 is 1.44 bits per heavy atom. The number of carbonyl (C=O) groups excluding carboxylic acids is 1. The van der Waals surface area contributed by atoms with Crippen molar-refractivity contribution in [1.82, 2.24) is 10.3 Å². The molecule has 0 aliphatic carbocycles. The SMILES string of the molecule is O=C(NCCO)c1c[nH]c2ccc(Cl)cc2c1=O. The molecule has 1 aromatic heterocycles. The molecule has 0 aliphatic heterocycles. The number of aromatic nitrogens is 1. The Morgan fingerprint density at radius 3 is 2.94 bits per heavy atom. The van der Waals surface area contributed by atoms with Gasteiger partial charge in [-0.1, -0.05) is 11.6 Å². The van der Waals surface area contributed by atoms with Crippen molar-refractivity contribution in [1.29, 1.82) is 0 Å². The van der Waals surface area contributed by atoms with Gasteiger partial charge < -0.3 is 15.4 Å². The predicted octanol–water partition coefficient (Wildman–Crippen LogP) is 0.904. The van der Waals surface area contributed by atoms with E-state index in [1.807, 2.05) is 0 Å². The van der Waals surface area contributed by atoms with Crippen LogP contribution in [0.5, 0.6) is 0 Å². The highest BCUT2D eigenvalue weighted by atomic mass is 35.5. The van der Waals surface area contributed by atoms with Gasteiger partial charge >= 0.3 is 0 Å². The van der Waals surface area contributed by atoms with Gasteiger partial charge in [0.25, 0.3) is 5.91 Å². The fraction of sp³-hybridized carbons (Fsp3) is 0.167. The lowest BCUT2D eigenvalue weighted by molar-refractivity contribution is 0.0943. The molecule has 0 aliphatic rings. The molecule has 5 nitrogen and oxygen atoms in total. The van der Waals surface area contributed by atoms with Crippen LogP contribution in [0.3, 0.4) is 0 Å². The van der Waals surface area contributed by atoms with Gasteiger partial charge in [-0.05, 0) is 18.2 Å². The maximum atomic E-state index is 12.1. The molecule has 1 heterocycles. The second-order valence-electron chi connectivity index (χ2n) is 3.70. The number of aliphatic hydroxyl groups excluding tert-OH is 1. The quantitative estimate of drug-likeness (QED) is 0.772. The lowest BCUT2D eigenvalue weighted by Crippen LogP contribution is -2.30. The van der Waals surface area contributed by atoms with Gasteiger partial charge in [0, 0.05) is 28.7 Å². The Morgan fingerprint density at radius 2 is 2.22 bits per heavy atom. The maximum Gasteiger partial charge on any atom is 0.256 e. The lowest BCUT2D eigenvalue weighted by Gasteiger charge is -2.04. The average Bonchev–Trinajstić information content (AvgIpc) is 2.37. The van der Waals surface area contributed by atoms with E-state index in [0.29, 0.717) is 15.9 Å². The van der Waals surface area contributed by atoms with Crippen LogP contribution in [0.15, 0.2) is 29.2 Å². The van der Waals surface area contributed by atoms with Gasteiger partial charge in [-0.2, -0.15) is 0 Å².